The highest BCUT2D eigenvalue weighted by molar-refractivity contribution is 5.56. The van der Waals surface area contributed by atoms with Crippen molar-refractivity contribution in [3.8, 4) is 0 Å². The van der Waals surface area contributed by atoms with Crippen molar-refractivity contribution in [2.75, 3.05) is 36.9 Å². The lowest BCUT2D eigenvalue weighted by atomic mass is 10.2. The van der Waals surface area contributed by atoms with E-state index in [2.05, 4.69) is 16.0 Å². The van der Waals surface area contributed by atoms with Crippen LogP contribution in [0.2, 0.25) is 0 Å². The maximum absolute atomic E-state index is 5.91. The highest BCUT2D eigenvalue weighted by atomic mass is 16.5. The number of aryl methyl sites for hydroxylation is 2. The van der Waals surface area contributed by atoms with Gasteiger partial charge in [0, 0.05) is 19.7 Å². The summed E-state index contributed by atoms with van der Waals surface area (Å²) < 4.78 is 5.44. The van der Waals surface area contributed by atoms with E-state index in [9.17, 15) is 0 Å². The number of rotatable bonds is 1. The van der Waals surface area contributed by atoms with Gasteiger partial charge in [0.15, 0.2) is 0 Å². The van der Waals surface area contributed by atoms with Gasteiger partial charge >= 0.3 is 0 Å². The summed E-state index contributed by atoms with van der Waals surface area (Å²) in [4.78, 5) is 6.81. The number of hydrogen-bond acceptors (Lipinski definition) is 4. The molecule has 2 heterocycles. The fourth-order valence-electron chi connectivity index (χ4n) is 1.96. The first-order valence-electron chi connectivity index (χ1n) is 5.75. The van der Waals surface area contributed by atoms with Crippen LogP contribution in [0.1, 0.15) is 17.7 Å². The molecule has 0 bridgehead atoms. The van der Waals surface area contributed by atoms with Crippen molar-refractivity contribution >= 4 is 11.5 Å². The molecule has 1 aromatic heterocycles. The Morgan fingerprint density at radius 1 is 1.31 bits per heavy atom. The van der Waals surface area contributed by atoms with Crippen molar-refractivity contribution in [1.82, 2.24) is 4.98 Å². The number of ether oxygens (including phenoxy) is 1. The van der Waals surface area contributed by atoms with Crippen molar-refractivity contribution < 1.29 is 4.74 Å². The second-order valence-electron chi connectivity index (χ2n) is 4.25. The third-order valence-electron chi connectivity index (χ3n) is 2.99. The number of hydrogen-bond donors (Lipinski definition) is 1. The molecule has 0 amide bonds. The number of nitrogen functional groups attached to an aromatic ring is 1. The summed E-state index contributed by atoms with van der Waals surface area (Å²) in [5, 5.41) is 0. The molecule has 1 fully saturated rings. The van der Waals surface area contributed by atoms with Gasteiger partial charge in [-0.2, -0.15) is 0 Å². The Bertz CT molecular complexity index is 348. The van der Waals surface area contributed by atoms with Crippen molar-refractivity contribution in [2.24, 2.45) is 0 Å². The van der Waals surface area contributed by atoms with Crippen LogP contribution in [0.3, 0.4) is 0 Å². The monoisotopic (exact) mass is 221 g/mol. The van der Waals surface area contributed by atoms with Gasteiger partial charge in [-0.05, 0) is 31.9 Å². The van der Waals surface area contributed by atoms with Crippen molar-refractivity contribution in [3.63, 3.8) is 0 Å². The summed E-state index contributed by atoms with van der Waals surface area (Å²) >= 11 is 0. The Morgan fingerprint density at radius 2 is 2.12 bits per heavy atom. The lowest BCUT2D eigenvalue weighted by Gasteiger charge is -2.22. The molecule has 1 aliphatic rings. The van der Waals surface area contributed by atoms with Crippen molar-refractivity contribution in [1.29, 1.82) is 0 Å². The number of nitrogens with two attached hydrogens (primary N) is 1. The largest absolute Gasteiger partial charge is 0.397 e. The van der Waals surface area contributed by atoms with E-state index in [4.69, 9.17) is 10.5 Å². The molecule has 0 saturated carbocycles. The van der Waals surface area contributed by atoms with Crippen LogP contribution in [-0.2, 0) is 4.74 Å². The highest BCUT2D eigenvalue weighted by Gasteiger charge is 2.13. The third-order valence-corrected chi connectivity index (χ3v) is 2.99. The maximum atomic E-state index is 5.91. The predicted molar refractivity (Wildman–Crippen MR) is 65.8 cm³/mol. The molecule has 0 unspecified atom stereocenters. The Balaban J connectivity index is 2.25. The fraction of sp³-hybridized carbons (Fsp3) is 0.583. The van der Waals surface area contributed by atoms with E-state index < -0.39 is 0 Å². The zero-order valence-corrected chi connectivity index (χ0v) is 9.99. The van der Waals surface area contributed by atoms with Gasteiger partial charge in [0.05, 0.1) is 18.0 Å². The third kappa shape index (κ3) is 2.27. The summed E-state index contributed by atoms with van der Waals surface area (Å²) in [6.45, 7) is 7.54. The van der Waals surface area contributed by atoms with Gasteiger partial charge in [0.2, 0.25) is 0 Å². The number of nitrogens with zero attached hydrogens (tertiary/aromatic N) is 2. The van der Waals surface area contributed by atoms with Crippen molar-refractivity contribution in [3.05, 3.63) is 17.3 Å². The molecular weight excluding hydrogens is 202 g/mol. The highest BCUT2D eigenvalue weighted by Crippen LogP contribution is 2.21. The summed E-state index contributed by atoms with van der Waals surface area (Å²) in [5.74, 6) is 1.02. The molecule has 16 heavy (non-hydrogen) atoms. The summed E-state index contributed by atoms with van der Waals surface area (Å²) in [6.07, 6.45) is 1.06. The van der Waals surface area contributed by atoms with Gasteiger partial charge in [-0.3, -0.25) is 0 Å². The standard InChI is InChI=1S/C12H19N3O/c1-9-8-11(14-10(2)12(9)13)15-4-3-6-16-7-5-15/h8H,3-7,13H2,1-2H3. The smallest absolute Gasteiger partial charge is 0.129 e. The molecule has 4 heteroatoms. The summed E-state index contributed by atoms with van der Waals surface area (Å²) in [5.41, 5.74) is 8.73. The minimum absolute atomic E-state index is 0.782. The molecule has 0 aromatic carbocycles. The van der Waals surface area contributed by atoms with E-state index in [-0.39, 0.29) is 0 Å². The maximum Gasteiger partial charge on any atom is 0.129 e. The Hall–Kier alpha value is -1.29. The SMILES string of the molecule is Cc1cc(N2CCCOCC2)nc(C)c1N. The van der Waals surface area contributed by atoms with Crippen LogP contribution in [-0.4, -0.2) is 31.3 Å². The van der Waals surface area contributed by atoms with Crippen LogP contribution >= 0.6 is 0 Å². The molecule has 0 atom stereocenters. The van der Waals surface area contributed by atoms with Gasteiger partial charge in [0.25, 0.3) is 0 Å². The molecule has 0 radical (unpaired) electrons. The molecule has 1 aromatic rings. The molecule has 4 nitrogen and oxygen atoms in total. The Labute approximate surface area is 96.4 Å². The fourth-order valence-corrected chi connectivity index (χ4v) is 1.96. The van der Waals surface area contributed by atoms with Gasteiger partial charge in [-0.1, -0.05) is 0 Å². The zero-order chi connectivity index (χ0) is 11.5. The number of anilines is 2. The molecular formula is C12H19N3O. The quantitative estimate of drug-likeness (QED) is 0.781. The van der Waals surface area contributed by atoms with Crippen molar-refractivity contribution in [2.45, 2.75) is 20.3 Å². The Morgan fingerprint density at radius 3 is 2.88 bits per heavy atom. The number of aromatic nitrogens is 1. The molecule has 2 N–H and O–H groups in total. The molecule has 88 valence electrons. The number of pyridine rings is 1. The first kappa shape index (κ1) is 11.2. The van der Waals surface area contributed by atoms with E-state index in [0.29, 0.717) is 0 Å². The summed E-state index contributed by atoms with van der Waals surface area (Å²) in [7, 11) is 0. The van der Waals surface area contributed by atoms with Gasteiger partial charge in [0.1, 0.15) is 5.82 Å². The van der Waals surface area contributed by atoms with Gasteiger partial charge in [-0.25, -0.2) is 4.98 Å². The van der Waals surface area contributed by atoms with E-state index in [1.54, 1.807) is 0 Å². The van der Waals surface area contributed by atoms with Gasteiger partial charge in [-0.15, -0.1) is 0 Å². The van der Waals surface area contributed by atoms with Crippen LogP contribution in [0.25, 0.3) is 0 Å². The van der Waals surface area contributed by atoms with Crippen LogP contribution in [0, 0.1) is 13.8 Å². The average Bonchev–Trinajstić information content (AvgIpc) is 2.53. The summed E-state index contributed by atoms with van der Waals surface area (Å²) in [6, 6.07) is 2.06. The molecule has 2 rings (SSSR count). The molecule has 0 aliphatic carbocycles. The lowest BCUT2D eigenvalue weighted by molar-refractivity contribution is 0.152. The molecule has 0 spiro atoms. The van der Waals surface area contributed by atoms with E-state index in [0.717, 1.165) is 55.5 Å². The van der Waals surface area contributed by atoms with Crippen LogP contribution < -0.4 is 10.6 Å². The Kier molecular flexibility index (Phi) is 3.29. The second kappa shape index (κ2) is 4.70. The topological polar surface area (TPSA) is 51.4 Å². The first-order chi connectivity index (χ1) is 7.68. The minimum Gasteiger partial charge on any atom is -0.397 e. The molecule has 1 aliphatic heterocycles. The van der Waals surface area contributed by atoms with E-state index in [1.165, 1.54) is 0 Å². The second-order valence-corrected chi connectivity index (χ2v) is 4.25. The lowest BCUT2D eigenvalue weighted by Crippen LogP contribution is -2.27. The first-order valence-corrected chi connectivity index (χ1v) is 5.75. The van der Waals surface area contributed by atoms with Crippen LogP contribution in [0.5, 0.6) is 0 Å². The van der Waals surface area contributed by atoms with E-state index >= 15 is 0 Å². The predicted octanol–water partition coefficient (Wildman–Crippen LogP) is 1.51. The van der Waals surface area contributed by atoms with Crippen LogP contribution in [0.4, 0.5) is 11.5 Å². The van der Waals surface area contributed by atoms with E-state index in [1.807, 2.05) is 13.8 Å². The van der Waals surface area contributed by atoms with Gasteiger partial charge < -0.3 is 15.4 Å². The minimum atomic E-state index is 0.782. The van der Waals surface area contributed by atoms with Crippen LogP contribution in [0.15, 0.2) is 6.07 Å². The molecule has 1 saturated heterocycles. The normalized spacial score (nSPS) is 17.2. The zero-order valence-electron chi connectivity index (χ0n) is 9.99. The average molecular weight is 221 g/mol.